The Morgan fingerprint density at radius 1 is 1.05 bits per heavy atom. The van der Waals surface area contributed by atoms with Crippen LogP contribution in [0.25, 0.3) is 0 Å². The molecule has 1 aliphatic heterocycles. The smallest absolute Gasteiger partial charge is 0.103 e. The summed E-state index contributed by atoms with van der Waals surface area (Å²) < 4.78 is 0. The van der Waals surface area contributed by atoms with Gasteiger partial charge < -0.3 is 4.90 Å². The lowest BCUT2D eigenvalue weighted by Gasteiger charge is -2.30. The van der Waals surface area contributed by atoms with Crippen LogP contribution in [0.15, 0.2) is 59.8 Å². The van der Waals surface area contributed by atoms with Crippen LogP contribution in [0.4, 0.5) is 0 Å². The van der Waals surface area contributed by atoms with E-state index in [0.717, 1.165) is 38.4 Å². The molecular weight excluding hydrogens is 260 g/mol. The van der Waals surface area contributed by atoms with Gasteiger partial charge in [-0.1, -0.05) is 36.4 Å². The number of benzene rings is 1. The van der Waals surface area contributed by atoms with Gasteiger partial charge in [-0.05, 0) is 12.1 Å². The zero-order valence-electron chi connectivity index (χ0n) is 12.2. The average Bonchev–Trinajstić information content (AvgIpc) is 2.56. The van der Waals surface area contributed by atoms with Gasteiger partial charge in [-0.15, -0.1) is 0 Å². The monoisotopic (exact) mass is 281 g/mol. The van der Waals surface area contributed by atoms with Gasteiger partial charge in [0, 0.05) is 11.8 Å². The number of rotatable bonds is 4. The van der Waals surface area contributed by atoms with E-state index in [0.29, 0.717) is 0 Å². The number of hydrogen-bond donors (Lipinski definition) is 1. The average molecular weight is 281 g/mol. The number of hydrogen-bond acceptors (Lipinski definition) is 3. The van der Waals surface area contributed by atoms with E-state index in [9.17, 15) is 0 Å². The molecule has 0 radical (unpaired) electrons. The molecule has 2 heterocycles. The molecule has 21 heavy (non-hydrogen) atoms. The third-order valence-corrected chi connectivity index (χ3v) is 3.78. The fourth-order valence-electron chi connectivity index (χ4n) is 2.58. The molecule has 4 heteroatoms. The van der Waals surface area contributed by atoms with Gasteiger partial charge in [-0.2, -0.15) is 5.10 Å². The van der Waals surface area contributed by atoms with E-state index in [-0.39, 0.29) is 0 Å². The molecule has 2 aromatic rings. The molecule has 0 saturated carbocycles. The van der Waals surface area contributed by atoms with Crippen molar-refractivity contribution in [2.24, 2.45) is 5.10 Å². The van der Waals surface area contributed by atoms with E-state index in [1.54, 1.807) is 11.1 Å². The maximum absolute atomic E-state index is 4.53. The summed E-state index contributed by atoms with van der Waals surface area (Å²) in [5.41, 5.74) is 2.33. The van der Waals surface area contributed by atoms with Gasteiger partial charge in [0.25, 0.3) is 0 Å². The van der Waals surface area contributed by atoms with Gasteiger partial charge in [0.05, 0.1) is 38.1 Å². The summed E-state index contributed by atoms with van der Waals surface area (Å²) >= 11 is 0. The summed E-state index contributed by atoms with van der Waals surface area (Å²) in [5, 5.41) is 6.67. The van der Waals surface area contributed by atoms with Crippen molar-refractivity contribution in [3.63, 3.8) is 0 Å². The second kappa shape index (κ2) is 6.99. The van der Waals surface area contributed by atoms with E-state index in [1.165, 1.54) is 5.56 Å². The Hall–Kier alpha value is -2.20. The summed E-state index contributed by atoms with van der Waals surface area (Å²) in [4.78, 5) is 5.88. The first-order valence-electron chi connectivity index (χ1n) is 7.47. The third kappa shape index (κ3) is 4.13. The van der Waals surface area contributed by atoms with E-state index in [4.69, 9.17) is 0 Å². The lowest BCUT2D eigenvalue weighted by molar-refractivity contribution is -0.918. The number of nitrogens with one attached hydrogen (secondary N) is 1. The Labute approximate surface area is 125 Å². The van der Waals surface area contributed by atoms with Crippen molar-refractivity contribution in [1.82, 2.24) is 9.99 Å². The molecule has 0 amide bonds. The van der Waals surface area contributed by atoms with Crippen LogP contribution in [0.3, 0.4) is 0 Å². The van der Waals surface area contributed by atoms with Crippen LogP contribution in [-0.2, 0) is 6.54 Å². The Balaban J connectivity index is 1.48. The molecule has 0 bridgehead atoms. The highest BCUT2D eigenvalue weighted by atomic mass is 15.5. The van der Waals surface area contributed by atoms with Crippen molar-refractivity contribution in [2.75, 3.05) is 26.2 Å². The second-order valence-corrected chi connectivity index (χ2v) is 5.37. The van der Waals surface area contributed by atoms with Crippen LogP contribution in [0, 0.1) is 0 Å². The number of nitrogens with zero attached hydrogens (tertiary/aromatic N) is 3. The van der Waals surface area contributed by atoms with Gasteiger partial charge in [-0.3, -0.25) is 9.99 Å². The summed E-state index contributed by atoms with van der Waals surface area (Å²) in [7, 11) is 0. The number of pyridine rings is 1. The zero-order chi connectivity index (χ0) is 14.3. The Morgan fingerprint density at radius 3 is 2.52 bits per heavy atom. The summed E-state index contributed by atoms with van der Waals surface area (Å²) in [6, 6.07) is 16.6. The van der Waals surface area contributed by atoms with Gasteiger partial charge in [0.15, 0.2) is 0 Å². The van der Waals surface area contributed by atoms with Crippen molar-refractivity contribution in [1.29, 1.82) is 0 Å². The molecule has 1 fully saturated rings. The molecular formula is C17H21N4+. The fourth-order valence-corrected chi connectivity index (χ4v) is 2.58. The standard InChI is InChI=1S/C17H20N4/c1-2-6-16(7-3-1)15-20-10-12-21(13-11-20)19-14-17-8-4-5-9-18-17/h1-9,14H,10-13,15H2/p+1/b19-14+. The topological polar surface area (TPSA) is 32.9 Å². The van der Waals surface area contributed by atoms with Crippen LogP contribution < -0.4 is 4.90 Å². The highest BCUT2D eigenvalue weighted by Crippen LogP contribution is 1.97. The van der Waals surface area contributed by atoms with Crippen LogP contribution in [-0.4, -0.2) is 42.4 Å². The number of hydrazone groups is 1. The molecule has 1 saturated heterocycles. The first kappa shape index (κ1) is 13.8. The normalized spacial score (nSPS) is 16.5. The SMILES string of the molecule is C(=N\N1CC[NH+](Cc2ccccc2)CC1)/c1ccccn1. The van der Waals surface area contributed by atoms with Crippen LogP contribution in [0.5, 0.6) is 0 Å². The molecule has 0 spiro atoms. The molecule has 4 nitrogen and oxygen atoms in total. The molecule has 1 aromatic heterocycles. The number of aromatic nitrogens is 1. The van der Waals surface area contributed by atoms with Crippen LogP contribution in [0.1, 0.15) is 11.3 Å². The van der Waals surface area contributed by atoms with Crippen molar-refractivity contribution in [3.05, 3.63) is 66.0 Å². The van der Waals surface area contributed by atoms with Gasteiger partial charge in [0.2, 0.25) is 0 Å². The molecule has 0 atom stereocenters. The van der Waals surface area contributed by atoms with Crippen molar-refractivity contribution in [3.8, 4) is 0 Å². The predicted octanol–water partition coefficient (Wildman–Crippen LogP) is 0.816. The summed E-state index contributed by atoms with van der Waals surface area (Å²) in [6.07, 6.45) is 3.64. The largest absolute Gasteiger partial charge is 0.328 e. The highest BCUT2D eigenvalue weighted by Gasteiger charge is 2.18. The summed E-state index contributed by atoms with van der Waals surface area (Å²) in [5.74, 6) is 0. The molecule has 1 aliphatic rings. The quantitative estimate of drug-likeness (QED) is 0.842. The Morgan fingerprint density at radius 2 is 1.81 bits per heavy atom. The molecule has 3 rings (SSSR count). The number of quaternary nitrogens is 1. The fraction of sp³-hybridized carbons (Fsp3) is 0.294. The van der Waals surface area contributed by atoms with Crippen molar-refractivity contribution in [2.45, 2.75) is 6.54 Å². The minimum Gasteiger partial charge on any atom is -0.328 e. The van der Waals surface area contributed by atoms with E-state index < -0.39 is 0 Å². The first-order valence-corrected chi connectivity index (χ1v) is 7.47. The molecule has 1 aromatic carbocycles. The minimum absolute atomic E-state index is 0.913. The second-order valence-electron chi connectivity index (χ2n) is 5.37. The van der Waals surface area contributed by atoms with Crippen LogP contribution in [0.2, 0.25) is 0 Å². The maximum Gasteiger partial charge on any atom is 0.103 e. The van der Waals surface area contributed by atoms with Crippen LogP contribution >= 0.6 is 0 Å². The highest BCUT2D eigenvalue weighted by molar-refractivity contribution is 5.76. The molecule has 0 unspecified atom stereocenters. The summed E-state index contributed by atoms with van der Waals surface area (Å²) in [6.45, 7) is 5.39. The molecule has 0 aliphatic carbocycles. The molecule has 108 valence electrons. The molecule has 1 N–H and O–H groups in total. The lowest BCUT2D eigenvalue weighted by Crippen LogP contribution is -3.13. The predicted molar refractivity (Wildman–Crippen MR) is 84.2 cm³/mol. The van der Waals surface area contributed by atoms with Gasteiger partial charge >= 0.3 is 0 Å². The minimum atomic E-state index is 0.913. The Kier molecular flexibility index (Phi) is 4.59. The maximum atomic E-state index is 4.53. The van der Waals surface area contributed by atoms with E-state index >= 15 is 0 Å². The first-order chi connectivity index (χ1) is 10.4. The van der Waals surface area contributed by atoms with Gasteiger partial charge in [0.1, 0.15) is 6.54 Å². The third-order valence-electron chi connectivity index (χ3n) is 3.78. The van der Waals surface area contributed by atoms with Crippen molar-refractivity contribution < 1.29 is 4.90 Å². The Bertz CT molecular complexity index is 560. The van der Waals surface area contributed by atoms with E-state index in [2.05, 4.69) is 45.4 Å². The van der Waals surface area contributed by atoms with E-state index in [1.807, 2.05) is 24.4 Å². The lowest BCUT2D eigenvalue weighted by atomic mass is 10.2. The van der Waals surface area contributed by atoms with Gasteiger partial charge in [-0.25, -0.2) is 0 Å². The number of piperazine rings is 1. The van der Waals surface area contributed by atoms with Crippen molar-refractivity contribution >= 4 is 6.21 Å². The zero-order valence-corrected chi connectivity index (χ0v) is 12.2.